The molecule has 0 amide bonds. The van der Waals surface area contributed by atoms with Gasteiger partial charge in [0.1, 0.15) is 12.4 Å². The molecule has 0 saturated heterocycles. The second-order valence-electron chi connectivity index (χ2n) is 4.61. The average molecular weight is 347 g/mol. The monoisotopic (exact) mass is 346 g/mol. The number of benzene rings is 2. The molecule has 0 aliphatic carbocycles. The highest BCUT2D eigenvalue weighted by Crippen LogP contribution is 2.33. The summed E-state index contributed by atoms with van der Waals surface area (Å²) < 4.78 is 6.98. The minimum atomic E-state index is 0.627. The van der Waals surface area contributed by atoms with Gasteiger partial charge in [0, 0.05) is 9.75 Å². The zero-order valence-corrected chi connectivity index (χ0v) is 13.6. The Morgan fingerprint density at radius 1 is 1.00 bits per heavy atom. The summed E-state index contributed by atoms with van der Waals surface area (Å²) in [5.74, 6) is 0.898. The third-order valence-corrected chi connectivity index (χ3v) is 5.28. The van der Waals surface area contributed by atoms with Crippen molar-refractivity contribution in [3.63, 3.8) is 0 Å². The Balaban J connectivity index is 1.82. The van der Waals surface area contributed by atoms with E-state index in [4.69, 9.17) is 4.74 Å². The summed E-state index contributed by atoms with van der Waals surface area (Å²) in [7, 11) is 0. The molecular weight excluding hydrogens is 332 g/mol. The van der Waals surface area contributed by atoms with Crippen molar-refractivity contribution in [2.75, 3.05) is 0 Å². The van der Waals surface area contributed by atoms with Crippen molar-refractivity contribution >= 4 is 38.0 Å². The third kappa shape index (κ3) is 2.74. The fourth-order valence-corrected chi connectivity index (χ4v) is 3.64. The fourth-order valence-electron chi connectivity index (χ4n) is 2.16. The normalized spacial score (nSPS) is 10.9. The molecule has 0 aliphatic rings. The zero-order chi connectivity index (χ0) is 13.9. The van der Waals surface area contributed by atoms with Crippen LogP contribution in [0.4, 0.5) is 0 Å². The second kappa shape index (κ2) is 5.98. The van der Waals surface area contributed by atoms with Crippen molar-refractivity contribution in [3.8, 4) is 5.75 Å². The third-order valence-electron chi connectivity index (χ3n) is 3.26. The molecule has 0 spiro atoms. The van der Waals surface area contributed by atoms with Crippen molar-refractivity contribution in [1.82, 2.24) is 0 Å². The Morgan fingerprint density at radius 2 is 1.80 bits per heavy atom. The van der Waals surface area contributed by atoms with Crippen LogP contribution in [0.15, 0.2) is 53.0 Å². The summed E-state index contributed by atoms with van der Waals surface area (Å²) in [6.45, 7) is 2.80. The Hall–Kier alpha value is -1.32. The minimum Gasteiger partial charge on any atom is -0.487 e. The first-order valence-corrected chi connectivity index (χ1v) is 8.26. The van der Waals surface area contributed by atoms with E-state index in [-0.39, 0.29) is 0 Å². The summed E-state index contributed by atoms with van der Waals surface area (Å²) in [6, 6.07) is 16.8. The maximum Gasteiger partial charge on any atom is 0.134 e. The number of hydrogen-bond donors (Lipinski definition) is 0. The van der Waals surface area contributed by atoms with Crippen molar-refractivity contribution < 1.29 is 4.74 Å². The van der Waals surface area contributed by atoms with E-state index in [1.165, 1.54) is 20.5 Å². The zero-order valence-electron chi connectivity index (χ0n) is 11.2. The molecule has 3 aromatic rings. The Morgan fingerprint density at radius 3 is 2.60 bits per heavy atom. The van der Waals surface area contributed by atoms with Crippen LogP contribution < -0.4 is 4.74 Å². The van der Waals surface area contributed by atoms with Crippen LogP contribution in [0.2, 0.25) is 0 Å². The van der Waals surface area contributed by atoms with Gasteiger partial charge in [-0.2, -0.15) is 0 Å². The largest absolute Gasteiger partial charge is 0.487 e. The molecule has 0 N–H and O–H groups in total. The summed E-state index contributed by atoms with van der Waals surface area (Å²) in [4.78, 5) is 2.67. The van der Waals surface area contributed by atoms with Crippen molar-refractivity contribution in [3.05, 3.63) is 62.8 Å². The molecule has 0 bridgehead atoms. The van der Waals surface area contributed by atoms with E-state index >= 15 is 0 Å². The first kappa shape index (κ1) is 13.7. The number of thiophene rings is 1. The van der Waals surface area contributed by atoms with E-state index in [0.717, 1.165) is 16.6 Å². The lowest BCUT2D eigenvalue weighted by atomic mass is 10.1. The molecule has 0 aliphatic heterocycles. The molecule has 1 nitrogen and oxygen atoms in total. The summed E-state index contributed by atoms with van der Waals surface area (Å²) in [6.07, 6.45) is 1.09. The SMILES string of the molecule is CCc1ccc(COc2ccc3ccccc3c2Br)s1. The predicted octanol–water partition coefficient (Wildman–Crippen LogP) is 5.81. The molecular formula is C17H15BrOS. The van der Waals surface area contributed by atoms with Gasteiger partial charge < -0.3 is 4.74 Å². The first-order chi connectivity index (χ1) is 9.78. The Labute approximate surface area is 131 Å². The van der Waals surface area contributed by atoms with Gasteiger partial charge in [0.25, 0.3) is 0 Å². The second-order valence-corrected chi connectivity index (χ2v) is 6.65. The summed E-state index contributed by atoms with van der Waals surface area (Å²) in [5, 5.41) is 2.40. The maximum absolute atomic E-state index is 5.95. The topological polar surface area (TPSA) is 9.23 Å². The van der Waals surface area contributed by atoms with Gasteiger partial charge in [-0.1, -0.05) is 37.3 Å². The highest BCUT2D eigenvalue weighted by molar-refractivity contribution is 9.10. The van der Waals surface area contributed by atoms with E-state index in [1.807, 2.05) is 29.5 Å². The molecule has 2 aromatic carbocycles. The van der Waals surface area contributed by atoms with Crippen LogP contribution in [0.3, 0.4) is 0 Å². The predicted molar refractivity (Wildman–Crippen MR) is 89.7 cm³/mol. The van der Waals surface area contributed by atoms with Crippen molar-refractivity contribution in [2.24, 2.45) is 0 Å². The fraction of sp³-hybridized carbons (Fsp3) is 0.176. The minimum absolute atomic E-state index is 0.627. The van der Waals surface area contributed by atoms with E-state index in [2.05, 4.69) is 53.2 Å². The van der Waals surface area contributed by atoms with Gasteiger partial charge in [-0.3, -0.25) is 0 Å². The molecule has 0 saturated carbocycles. The van der Waals surface area contributed by atoms with Gasteiger partial charge in [-0.05, 0) is 51.3 Å². The van der Waals surface area contributed by atoms with Crippen molar-refractivity contribution in [2.45, 2.75) is 20.0 Å². The van der Waals surface area contributed by atoms with E-state index in [0.29, 0.717) is 6.61 Å². The number of hydrogen-bond acceptors (Lipinski definition) is 2. The van der Waals surface area contributed by atoms with Crippen LogP contribution in [0.5, 0.6) is 5.75 Å². The molecule has 3 rings (SSSR count). The molecule has 1 heterocycles. The number of halogens is 1. The van der Waals surface area contributed by atoms with Crippen molar-refractivity contribution in [1.29, 1.82) is 0 Å². The summed E-state index contributed by atoms with van der Waals surface area (Å²) >= 11 is 5.47. The molecule has 0 fully saturated rings. The van der Waals surface area contributed by atoms with E-state index in [1.54, 1.807) is 0 Å². The quantitative estimate of drug-likeness (QED) is 0.579. The first-order valence-electron chi connectivity index (χ1n) is 6.65. The maximum atomic E-state index is 5.95. The average Bonchev–Trinajstić information content (AvgIpc) is 2.95. The van der Waals surface area contributed by atoms with Crippen LogP contribution in [0, 0.1) is 0 Å². The van der Waals surface area contributed by atoms with Gasteiger partial charge in [-0.25, -0.2) is 0 Å². The van der Waals surface area contributed by atoms with Gasteiger partial charge >= 0.3 is 0 Å². The van der Waals surface area contributed by atoms with Crippen LogP contribution >= 0.6 is 27.3 Å². The van der Waals surface area contributed by atoms with Gasteiger partial charge in [0.2, 0.25) is 0 Å². The molecule has 3 heteroatoms. The number of aryl methyl sites for hydroxylation is 1. The number of ether oxygens (including phenoxy) is 1. The number of fused-ring (bicyclic) bond motifs is 1. The van der Waals surface area contributed by atoms with E-state index in [9.17, 15) is 0 Å². The lowest BCUT2D eigenvalue weighted by Gasteiger charge is -2.09. The molecule has 1 aromatic heterocycles. The smallest absolute Gasteiger partial charge is 0.134 e. The van der Waals surface area contributed by atoms with Crippen LogP contribution in [0.25, 0.3) is 10.8 Å². The van der Waals surface area contributed by atoms with Crippen LogP contribution in [0.1, 0.15) is 16.7 Å². The van der Waals surface area contributed by atoms with E-state index < -0.39 is 0 Å². The van der Waals surface area contributed by atoms with Gasteiger partial charge in [-0.15, -0.1) is 11.3 Å². The highest BCUT2D eigenvalue weighted by Gasteiger charge is 2.07. The Kier molecular flexibility index (Phi) is 4.08. The highest BCUT2D eigenvalue weighted by atomic mass is 79.9. The number of rotatable bonds is 4. The Bertz CT molecular complexity index is 733. The van der Waals surface area contributed by atoms with Crippen LogP contribution in [-0.2, 0) is 13.0 Å². The molecule has 0 unspecified atom stereocenters. The molecule has 102 valence electrons. The summed E-state index contributed by atoms with van der Waals surface area (Å²) in [5.41, 5.74) is 0. The van der Waals surface area contributed by atoms with Crippen LogP contribution in [-0.4, -0.2) is 0 Å². The lowest BCUT2D eigenvalue weighted by molar-refractivity contribution is 0.308. The molecule has 0 radical (unpaired) electrons. The van der Waals surface area contributed by atoms with Gasteiger partial charge in [0.05, 0.1) is 4.47 Å². The lowest BCUT2D eigenvalue weighted by Crippen LogP contribution is -1.93. The van der Waals surface area contributed by atoms with Gasteiger partial charge in [0.15, 0.2) is 0 Å². The molecule has 0 atom stereocenters. The standard InChI is InChI=1S/C17H15BrOS/c1-2-13-8-9-14(20-13)11-19-16-10-7-12-5-3-4-6-15(12)17(16)18/h3-10H,2,11H2,1H3. The molecule has 20 heavy (non-hydrogen) atoms.